The van der Waals surface area contributed by atoms with Gasteiger partial charge in [0.1, 0.15) is 11.1 Å². The third-order valence-corrected chi connectivity index (χ3v) is 4.73. The standard InChI is InChI=1S/C20H21N5O2/c1-12-15(11-25(2)24-12)19(26)23-20-21-17-14(13-7-5-4-6-8-13)9-10-16(27-3)18(17)22-20/h4-8,11H,9-10H2,1-3H3,(H2,21,22,23,26). The van der Waals surface area contributed by atoms with Gasteiger partial charge in [0.05, 0.1) is 23.7 Å². The molecule has 0 saturated carbocycles. The summed E-state index contributed by atoms with van der Waals surface area (Å²) in [6.07, 6.45) is 3.31. The van der Waals surface area contributed by atoms with Crippen molar-refractivity contribution in [3.8, 4) is 0 Å². The van der Waals surface area contributed by atoms with Crippen LogP contribution < -0.4 is 16.0 Å². The smallest absolute Gasteiger partial charge is 0.261 e. The number of aryl methyl sites for hydroxylation is 2. The Morgan fingerprint density at radius 3 is 2.70 bits per heavy atom. The van der Waals surface area contributed by atoms with Crippen LogP contribution in [0.2, 0.25) is 0 Å². The first kappa shape index (κ1) is 17.1. The Hall–Kier alpha value is -3.35. The summed E-state index contributed by atoms with van der Waals surface area (Å²) >= 11 is 0. The third kappa shape index (κ3) is 3.12. The van der Waals surface area contributed by atoms with Crippen LogP contribution in [-0.2, 0) is 11.8 Å². The highest BCUT2D eigenvalue weighted by Gasteiger charge is 2.19. The number of H-pyrrole nitrogens is 1. The molecule has 0 saturated heterocycles. The van der Waals surface area contributed by atoms with Crippen LogP contribution in [0.25, 0.3) is 11.3 Å². The highest BCUT2D eigenvalue weighted by molar-refractivity contribution is 6.04. The van der Waals surface area contributed by atoms with Crippen LogP contribution in [0, 0.1) is 6.92 Å². The van der Waals surface area contributed by atoms with E-state index < -0.39 is 0 Å². The van der Waals surface area contributed by atoms with Gasteiger partial charge in [-0.1, -0.05) is 30.3 Å². The molecule has 7 nitrogen and oxygen atoms in total. The predicted molar refractivity (Wildman–Crippen MR) is 102 cm³/mol. The van der Waals surface area contributed by atoms with Crippen LogP contribution in [-0.4, -0.2) is 32.8 Å². The fraction of sp³-hybridized carbons (Fsp3) is 0.250. The van der Waals surface area contributed by atoms with E-state index >= 15 is 0 Å². The van der Waals surface area contributed by atoms with Gasteiger partial charge in [0.25, 0.3) is 5.91 Å². The molecular weight excluding hydrogens is 342 g/mol. The van der Waals surface area contributed by atoms with Crippen LogP contribution in [0.15, 0.2) is 36.5 Å². The van der Waals surface area contributed by atoms with Crippen molar-refractivity contribution >= 4 is 23.2 Å². The predicted octanol–water partition coefficient (Wildman–Crippen LogP) is 1.45. The molecule has 0 spiro atoms. The molecule has 2 N–H and O–H groups in total. The number of aromatic amines is 1. The summed E-state index contributed by atoms with van der Waals surface area (Å²) in [4.78, 5) is 20.5. The van der Waals surface area contributed by atoms with Gasteiger partial charge >= 0.3 is 0 Å². The van der Waals surface area contributed by atoms with Crippen molar-refractivity contribution in [1.29, 1.82) is 0 Å². The lowest BCUT2D eigenvalue weighted by Gasteiger charge is -2.13. The lowest BCUT2D eigenvalue weighted by atomic mass is 9.97. The van der Waals surface area contributed by atoms with E-state index in [0.717, 1.165) is 40.4 Å². The summed E-state index contributed by atoms with van der Waals surface area (Å²) in [5, 5.41) is 8.70. The van der Waals surface area contributed by atoms with Crippen LogP contribution in [0.3, 0.4) is 0 Å². The van der Waals surface area contributed by atoms with Crippen molar-refractivity contribution in [2.45, 2.75) is 19.8 Å². The fourth-order valence-electron chi connectivity index (χ4n) is 3.46. The minimum atomic E-state index is -0.244. The van der Waals surface area contributed by atoms with Crippen LogP contribution in [0.4, 0.5) is 5.95 Å². The summed E-state index contributed by atoms with van der Waals surface area (Å²) < 4.78 is 7.15. The average Bonchev–Trinajstić information content (AvgIpc) is 3.24. The van der Waals surface area contributed by atoms with Gasteiger partial charge in [0.2, 0.25) is 5.95 Å². The molecule has 0 aliphatic heterocycles. The van der Waals surface area contributed by atoms with Gasteiger partial charge in [-0.2, -0.15) is 5.10 Å². The minimum absolute atomic E-state index is 0.244. The molecule has 3 aromatic rings. The van der Waals surface area contributed by atoms with Gasteiger partial charge in [-0.3, -0.25) is 14.8 Å². The van der Waals surface area contributed by atoms with E-state index in [0.29, 0.717) is 17.2 Å². The molecule has 138 valence electrons. The van der Waals surface area contributed by atoms with Gasteiger partial charge in [-0.05, 0) is 24.5 Å². The zero-order valence-corrected chi connectivity index (χ0v) is 15.5. The number of hydrogen-bond donors (Lipinski definition) is 2. The van der Waals surface area contributed by atoms with E-state index in [1.807, 2.05) is 18.2 Å². The average molecular weight is 363 g/mol. The fourth-order valence-corrected chi connectivity index (χ4v) is 3.46. The number of rotatable bonds is 4. The van der Waals surface area contributed by atoms with Gasteiger partial charge in [0, 0.05) is 19.7 Å². The number of nitrogens with zero attached hydrogens (tertiary/aromatic N) is 3. The largest absolute Gasteiger partial charge is 0.499 e. The van der Waals surface area contributed by atoms with Gasteiger partial charge < -0.3 is 9.72 Å². The number of methoxy groups -OCH3 is 1. The Kier molecular flexibility index (Phi) is 4.27. The molecule has 0 atom stereocenters. The number of aromatic nitrogens is 4. The Morgan fingerprint density at radius 1 is 1.26 bits per heavy atom. The summed E-state index contributed by atoms with van der Waals surface area (Å²) in [5.74, 6) is 1.00. The molecule has 4 rings (SSSR count). The quantitative estimate of drug-likeness (QED) is 0.735. The summed E-state index contributed by atoms with van der Waals surface area (Å²) in [6.45, 7) is 1.81. The number of nitrogens with one attached hydrogen (secondary N) is 2. The zero-order chi connectivity index (χ0) is 19.0. The van der Waals surface area contributed by atoms with Crippen LogP contribution in [0.5, 0.6) is 0 Å². The Bertz CT molecular complexity index is 1130. The van der Waals surface area contributed by atoms with Crippen molar-refractivity contribution in [1.82, 2.24) is 19.7 Å². The summed E-state index contributed by atoms with van der Waals surface area (Å²) in [7, 11) is 3.45. The van der Waals surface area contributed by atoms with Crippen molar-refractivity contribution < 1.29 is 9.53 Å². The van der Waals surface area contributed by atoms with Crippen molar-refractivity contribution in [3.63, 3.8) is 0 Å². The molecular formula is C20H21N5O2. The van der Waals surface area contributed by atoms with E-state index in [1.54, 1.807) is 32.0 Å². The first-order chi connectivity index (χ1) is 13.1. The number of fused-ring (bicyclic) bond motifs is 1. The van der Waals surface area contributed by atoms with E-state index in [1.165, 1.54) is 0 Å². The number of imidazole rings is 1. The molecule has 0 radical (unpaired) electrons. The topological polar surface area (TPSA) is 84.8 Å². The molecule has 2 heterocycles. The number of benzene rings is 1. The molecule has 2 aromatic heterocycles. The summed E-state index contributed by atoms with van der Waals surface area (Å²) in [6, 6.07) is 10.2. The highest BCUT2D eigenvalue weighted by Crippen LogP contribution is 2.21. The first-order valence-corrected chi connectivity index (χ1v) is 8.80. The molecule has 1 amide bonds. The lowest BCUT2D eigenvalue weighted by Crippen LogP contribution is -2.33. The second kappa shape index (κ2) is 6.75. The number of carbonyl (C=O) groups excluding carboxylic acids is 1. The van der Waals surface area contributed by atoms with E-state index in [4.69, 9.17) is 4.74 Å². The number of hydrogen-bond acceptors (Lipinski definition) is 4. The van der Waals surface area contributed by atoms with E-state index in [2.05, 4.69) is 32.5 Å². The maximum Gasteiger partial charge on any atom is 0.261 e. The van der Waals surface area contributed by atoms with Gasteiger partial charge in [0.15, 0.2) is 0 Å². The summed E-state index contributed by atoms with van der Waals surface area (Å²) in [5.41, 5.74) is 3.46. The van der Waals surface area contributed by atoms with Crippen molar-refractivity contribution in [2.75, 3.05) is 12.4 Å². The monoisotopic (exact) mass is 363 g/mol. The zero-order valence-electron chi connectivity index (χ0n) is 15.5. The molecule has 0 unspecified atom stereocenters. The highest BCUT2D eigenvalue weighted by atomic mass is 16.5. The van der Waals surface area contributed by atoms with Crippen LogP contribution >= 0.6 is 0 Å². The molecule has 1 aliphatic rings. The van der Waals surface area contributed by atoms with Gasteiger partial charge in [-0.25, -0.2) is 4.98 Å². The second-order valence-corrected chi connectivity index (χ2v) is 6.54. The maximum absolute atomic E-state index is 12.6. The number of amides is 1. The maximum atomic E-state index is 12.6. The Labute approximate surface area is 156 Å². The molecule has 7 heteroatoms. The van der Waals surface area contributed by atoms with Crippen LogP contribution in [0.1, 0.15) is 34.5 Å². The minimum Gasteiger partial charge on any atom is -0.499 e. The number of ether oxygens (including phenoxy) is 1. The number of carbonyl (C=O) groups is 1. The Morgan fingerprint density at radius 2 is 2.04 bits per heavy atom. The third-order valence-electron chi connectivity index (χ3n) is 4.73. The van der Waals surface area contributed by atoms with Crippen molar-refractivity contribution in [3.05, 3.63) is 64.0 Å². The first-order valence-electron chi connectivity index (χ1n) is 8.80. The SMILES string of the molecule is COC1=c2[nH]c(NC(=O)c3cn(C)nc3C)nc2=C(c2ccccc2)CC1. The molecule has 1 aromatic carbocycles. The molecule has 1 aliphatic carbocycles. The van der Waals surface area contributed by atoms with Gasteiger partial charge in [-0.15, -0.1) is 0 Å². The lowest BCUT2D eigenvalue weighted by molar-refractivity contribution is 0.102. The second-order valence-electron chi connectivity index (χ2n) is 6.54. The number of anilines is 1. The molecule has 27 heavy (non-hydrogen) atoms. The Balaban J connectivity index is 1.79. The van der Waals surface area contributed by atoms with E-state index in [-0.39, 0.29) is 5.91 Å². The molecule has 0 bridgehead atoms. The normalized spacial score (nSPS) is 13.4. The van der Waals surface area contributed by atoms with E-state index in [9.17, 15) is 4.79 Å². The molecule has 0 fully saturated rings. The van der Waals surface area contributed by atoms with Crippen molar-refractivity contribution in [2.24, 2.45) is 7.05 Å².